The zero-order valence-electron chi connectivity index (χ0n) is 10.9. The van der Waals surface area contributed by atoms with Gasteiger partial charge in [0.15, 0.2) is 0 Å². The van der Waals surface area contributed by atoms with Crippen LogP contribution in [0.25, 0.3) is 0 Å². The molecule has 0 aromatic heterocycles. The Morgan fingerprint density at radius 1 is 1.47 bits per heavy atom. The largest absolute Gasteiger partial charge is 0.481 e. The fourth-order valence-electron chi connectivity index (χ4n) is 2.14. The maximum Gasteiger partial charge on any atom is 0.317 e. The van der Waals surface area contributed by atoms with Crippen LogP contribution in [0, 0.1) is 12.3 Å². The highest BCUT2D eigenvalue weighted by Crippen LogP contribution is 2.19. The van der Waals surface area contributed by atoms with Gasteiger partial charge in [-0.2, -0.15) is 0 Å². The molecule has 0 radical (unpaired) electrons. The lowest BCUT2D eigenvalue weighted by molar-refractivity contribution is -0.138. The highest BCUT2D eigenvalue weighted by molar-refractivity contribution is 7.99. The van der Waals surface area contributed by atoms with Gasteiger partial charge < -0.3 is 15.3 Å². The number of hydrogen-bond donors (Lipinski definition) is 2. The van der Waals surface area contributed by atoms with Crippen molar-refractivity contribution < 1.29 is 14.7 Å². The van der Waals surface area contributed by atoms with E-state index < -0.39 is 5.97 Å². The van der Waals surface area contributed by atoms with Crippen molar-refractivity contribution in [3.8, 4) is 12.3 Å². The van der Waals surface area contributed by atoms with Crippen LogP contribution >= 0.6 is 11.8 Å². The SMILES string of the molecule is C#CCSCCNC(=O)N1CCCCC1CC(=O)O. The second kappa shape index (κ2) is 8.70. The summed E-state index contributed by atoms with van der Waals surface area (Å²) in [5, 5.41) is 11.7. The summed E-state index contributed by atoms with van der Waals surface area (Å²) in [6, 6.07) is -0.336. The molecule has 1 fully saturated rings. The summed E-state index contributed by atoms with van der Waals surface area (Å²) < 4.78 is 0. The van der Waals surface area contributed by atoms with E-state index >= 15 is 0 Å². The van der Waals surface area contributed by atoms with Crippen molar-refractivity contribution in [1.82, 2.24) is 10.2 Å². The topological polar surface area (TPSA) is 69.6 Å². The smallest absolute Gasteiger partial charge is 0.317 e. The third-order valence-corrected chi connectivity index (χ3v) is 3.87. The average Bonchev–Trinajstić information content (AvgIpc) is 2.38. The lowest BCUT2D eigenvalue weighted by Crippen LogP contribution is -2.49. The summed E-state index contributed by atoms with van der Waals surface area (Å²) in [5.41, 5.74) is 0. The first-order chi connectivity index (χ1) is 9.15. The van der Waals surface area contributed by atoms with Crippen LogP contribution in [0.4, 0.5) is 4.79 Å². The second-order valence-electron chi connectivity index (χ2n) is 4.43. The molecule has 0 aromatic carbocycles. The number of aliphatic carboxylic acids is 1. The van der Waals surface area contributed by atoms with Gasteiger partial charge in [-0.1, -0.05) is 5.92 Å². The first-order valence-electron chi connectivity index (χ1n) is 6.42. The van der Waals surface area contributed by atoms with Gasteiger partial charge in [0.25, 0.3) is 0 Å². The Bertz CT molecular complexity index is 354. The number of amides is 2. The second-order valence-corrected chi connectivity index (χ2v) is 5.53. The predicted molar refractivity (Wildman–Crippen MR) is 76.2 cm³/mol. The van der Waals surface area contributed by atoms with Crippen LogP contribution in [0.1, 0.15) is 25.7 Å². The standard InChI is InChI=1S/C13H20N2O3S/c1-2-8-19-9-6-14-13(18)15-7-4-3-5-11(15)10-12(16)17/h1,11H,3-10H2,(H,14,18)(H,16,17). The molecule has 1 aliphatic heterocycles. The van der Waals surface area contributed by atoms with Crippen LogP contribution in [-0.4, -0.2) is 52.6 Å². The van der Waals surface area contributed by atoms with Crippen LogP contribution in [-0.2, 0) is 4.79 Å². The fraction of sp³-hybridized carbons (Fsp3) is 0.692. The Morgan fingerprint density at radius 3 is 2.95 bits per heavy atom. The van der Waals surface area contributed by atoms with E-state index in [0.717, 1.165) is 25.0 Å². The summed E-state index contributed by atoms with van der Waals surface area (Å²) in [7, 11) is 0. The minimum Gasteiger partial charge on any atom is -0.481 e. The van der Waals surface area contributed by atoms with Gasteiger partial charge in [-0.15, -0.1) is 18.2 Å². The van der Waals surface area contributed by atoms with E-state index in [-0.39, 0.29) is 18.5 Å². The number of nitrogens with zero attached hydrogens (tertiary/aromatic N) is 1. The van der Waals surface area contributed by atoms with Crippen LogP contribution in [0.15, 0.2) is 0 Å². The highest BCUT2D eigenvalue weighted by atomic mass is 32.2. The number of carbonyl (C=O) groups excluding carboxylic acids is 1. The minimum absolute atomic E-state index is 0.0270. The van der Waals surface area contributed by atoms with Crippen LogP contribution in [0.5, 0.6) is 0 Å². The minimum atomic E-state index is -0.853. The summed E-state index contributed by atoms with van der Waals surface area (Å²) in [5.74, 6) is 3.08. The van der Waals surface area contributed by atoms with Gasteiger partial charge in [0.1, 0.15) is 0 Å². The molecular weight excluding hydrogens is 264 g/mol. The molecule has 1 unspecified atom stereocenters. The molecule has 106 valence electrons. The molecule has 5 nitrogen and oxygen atoms in total. The number of piperidine rings is 1. The van der Waals surface area contributed by atoms with E-state index in [1.807, 2.05) is 0 Å². The Labute approximate surface area is 118 Å². The van der Waals surface area contributed by atoms with Gasteiger partial charge >= 0.3 is 12.0 Å². The fourth-order valence-corrected chi connectivity index (χ4v) is 2.65. The molecule has 19 heavy (non-hydrogen) atoms. The molecule has 0 saturated carbocycles. The Morgan fingerprint density at radius 2 is 2.26 bits per heavy atom. The molecule has 2 N–H and O–H groups in total. The molecule has 1 heterocycles. The zero-order chi connectivity index (χ0) is 14.1. The molecule has 1 saturated heterocycles. The van der Waals surface area contributed by atoms with Crippen LogP contribution in [0.2, 0.25) is 0 Å². The third kappa shape index (κ3) is 5.88. The monoisotopic (exact) mass is 284 g/mol. The normalized spacial score (nSPS) is 18.7. The highest BCUT2D eigenvalue weighted by Gasteiger charge is 2.28. The first-order valence-corrected chi connectivity index (χ1v) is 7.58. The maximum absolute atomic E-state index is 12.0. The summed E-state index contributed by atoms with van der Waals surface area (Å²) in [6.07, 6.45) is 7.85. The lowest BCUT2D eigenvalue weighted by atomic mass is 10.00. The summed E-state index contributed by atoms with van der Waals surface area (Å²) >= 11 is 1.59. The maximum atomic E-state index is 12.0. The van der Waals surface area contributed by atoms with E-state index in [9.17, 15) is 9.59 Å². The Kier molecular flexibility index (Phi) is 7.19. The van der Waals surface area contributed by atoms with Gasteiger partial charge in [0.05, 0.1) is 12.2 Å². The summed E-state index contributed by atoms with van der Waals surface area (Å²) in [6.45, 7) is 1.20. The van der Waals surface area contributed by atoms with Gasteiger partial charge in [0.2, 0.25) is 0 Å². The molecule has 1 aliphatic rings. The van der Waals surface area contributed by atoms with E-state index in [2.05, 4.69) is 11.2 Å². The number of hydrogen-bond acceptors (Lipinski definition) is 3. The Balaban J connectivity index is 2.35. The van der Waals surface area contributed by atoms with Crippen molar-refractivity contribution in [2.45, 2.75) is 31.7 Å². The molecule has 0 bridgehead atoms. The van der Waals surface area contributed by atoms with E-state index in [4.69, 9.17) is 11.5 Å². The number of thioether (sulfide) groups is 1. The lowest BCUT2D eigenvalue weighted by Gasteiger charge is -2.34. The molecule has 6 heteroatoms. The molecule has 0 aliphatic carbocycles. The van der Waals surface area contributed by atoms with Crippen molar-refractivity contribution in [3.05, 3.63) is 0 Å². The average molecular weight is 284 g/mol. The van der Waals surface area contributed by atoms with E-state index in [1.54, 1.807) is 16.7 Å². The van der Waals surface area contributed by atoms with Crippen molar-refractivity contribution in [1.29, 1.82) is 0 Å². The number of terminal acetylenes is 1. The molecule has 0 aromatic rings. The zero-order valence-corrected chi connectivity index (χ0v) is 11.7. The number of carboxylic acids is 1. The number of likely N-dealkylation sites (tertiary alicyclic amines) is 1. The molecule has 1 rings (SSSR count). The van der Waals surface area contributed by atoms with Gasteiger partial charge in [0, 0.05) is 24.9 Å². The number of urea groups is 1. The van der Waals surface area contributed by atoms with Crippen LogP contribution < -0.4 is 5.32 Å². The van der Waals surface area contributed by atoms with Crippen molar-refractivity contribution in [2.75, 3.05) is 24.6 Å². The van der Waals surface area contributed by atoms with Crippen molar-refractivity contribution >= 4 is 23.8 Å². The summed E-state index contributed by atoms with van der Waals surface area (Å²) in [4.78, 5) is 24.4. The van der Waals surface area contributed by atoms with Crippen LogP contribution in [0.3, 0.4) is 0 Å². The predicted octanol–water partition coefficient (Wildman–Crippen LogP) is 1.39. The molecule has 1 atom stereocenters. The Hall–Kier alpha value is -1.35. The van der Waals surface area contributed by atoms with Gasteiger partial charge in [-0.3, -0.25) is 4.79 Å². The van der Waals surface area contributed by atoms with E-state index in [1.165, 1.54) is 0 Å². The van der Waals surface area contributed by atoms with E-state index in [0.29, 0.717) is 18.8 Å². The molecular formula is C13H20N2O3S. The molecule has 0 spiro atoms. The number of rotatable bonds is 6. The van der Waals surface area contributed by atoms with Crippen molar-refractivity contribution in [2.24, 2.45) is 0 Å². The van der Waals surface area contributed by atoms with Crippen molar-refractivity contribution in [3.63, 3.8) is 0 Å². The molecule has 2 amide bonds. The number of carbonyl (C=O) groups is 2. The van der Waals surface area contributed by atoms with Gasteiger partial charge in [-0.25, -0.2) is 4.79 Å². The first kappa shape index (κ1) is 15.7. The van der Waals surface area contributed by atoms with Gasteiger partial charge in [-0.05, 0) is 19.3 Å². The third-order valence-electron chi connectivity index (χ3n) is 3.01. The quantitative estimate of drug-likeness (QED) is 0.571. The number of nitrogens with one attached hydrogen (secondary N) is 1. The number of carboxylic acid groups (broad SMARTS) is 1.